The number of hydrazine groups is 2. The van der Waals surface area contributed by atoms with Gasteiger partial charge in [0.15, 0.2) is 12.1 Å². The van der Waals surface area contributed by atoms with Crippen molar-refractivity contribution in [1.29, 1.82) is 0 Å². The van der Waals surface area contributed by atoms with Gasteiger partial charge in [-0.05, 0) is 6.92 Å². The van der Waals surface area contributed by atoms with Crippen LogP contribution >= 0.6 is 0 Å². The van der Waals surface area contributed by atoms with Crippen molar-refractivity contribution in [3.05, 3.63) is 18.1 Å². The van der Waals surface area contributed by atoms with Gasteiger partial charge in [0.1, 0.15) is 17.6 Å². The van der Waals surface area contributed by atoms with Crippen molar-refractivity contribution in [3.63, 3.8) is 0 Å². The maximum absolute atomic E-state index is 5.47. The molecule has 25 heavy (non-hydrogen) atoms. The van der Waals surface area contributed by atoms with E-state index >= 15 is 0 Å². The summed E-state index contributed by atoms with van der Waals surface area (Å²) in [6.45, 7) is 7.09. The van der Waals surface area contributed by atoms with Gasteiger partial charge in [0.05, 0.1) is 18.9 Å². The molecule has 0 amide bonds. The van der Waals surface area contributed by atoms with E-state index < -0.39 is 0 Å². The van der Waals surface area contributed by atoms with Crippen LogP contribution < -0.4 is 15.6 Å². The minimum atomic E-state index is -0.115. The maximum Gasteiger partial charge on any atom is 0.191 e. The predicted octanol–water partition coefficient (Wildman–Crippen LogP) is -1.02. The van der Waals surface area contributed by atoms with Crippen LogP contribution in [0.1, 0.15) is 12.6 Å². The molecule has 2 saturated heterocycles. The first kappa shape index (κ1) is 16.5. The van der Waals surface area contributed by atoms with Crippen molar-refractivity contribution in [2.45, 2.75) is 19.3 Å². The molecule has 3 aliphatic heterocycles. The summed E-state index contributed by atoms with van der Waals surface area (Å²) in [6, 6.07) is 0. The van der Waals surface area contributed by atoms with Gasteiger partial charge in [0.2, 0.25) is 0 Å². The molecule has 2 atom stereocenters. The van der Waals surface area contributed by atoms with Crippen LogP contribution in [0, 0.1) is 0 Å². The Morgan fingerprint density at radius 2 is 2.12 bits per heavy atom. The van der Waals surface area contributed by atoms with Gasteiger partial charge in [-0.2, -0.15) is 0 Å². The van der Waals surface area contributed by atoms with E-state index in [-0.39, 0.29) is 12.4 Å². The van der Waals surface area contributed by atoms with Gasteiger partial charge >= 0.3 is 0 Å². The van der Waals surface area contributed by atoms with Crippen LogP contribution in [0.5, 0.6) is 0 Å². The number of aromatic nitrogens is 2. The summed E-state index contributed by atoms with van der Waals surface area (Å²) >= 11 is 0. The summed E-state index contributed by atoms with van der Waals surface area (Å²) in [5, 5.41) is 11.5. The first-order valence-corrected chi connectivity index (χ1v) is 8.66. The molecule has 0 aliphatic carbocycles. The molecule has 10 nitrogen and oxygen atoms in total. The van der Waals surface area contributed by atoms with Crippen molar-refractivity contribution in [3.8, 4) is 0 Å². The van der Waals surface area contributed by atoms with Crippen molar-refractivity contribution in [1.82, 2.24) is 30.9 Å². The highest BCUT2D eigenvalue weighted by Gasteiger charge is 2.42. The lowest BCUT2D eigenvalue weighted by Crippen LogP contribution is -2.44. The van der Waals surface area contributed by atoms with E-state index in [1.165, 1.54) is 0 Å². The molecule has 0 spiro atoms. The number of amidine groups is 1. The molecule has 0 radical (unpaired) electrons. The van der Waals surface area contributed by atoms with E-state index in [2.05, 4.69) is 30.7 Å². The summed E-state index contributed by atoms with van der Waals surface area (Å²) in [6.07, 6.45) is 3.50. The Hall–Kier alpha value is -2.01. The largest absolute Gasteiger partial charge is 0.353 e. The number of hydrogen-bond donors (Lipinski definition) is 2. The van der Waals surface area contributed by atoms with Crippen molar-refractivity contribution < 1.29 is 9.47 Å². The standard InChI is InChI=1S/C15H24N8O2/c1-3-24-15-12(25-15)10-23-20-14(19-21(23)2)11-8-18-13(9-17-11)22-6-4-16-5-7-22/h8-9,12,15-16H,3-7,10H2,1-2H3,(H,19,20). The third-order valence-electron chi connectivity index (χ3n) is 4.36. The molecular formula is C15H24N8O2. The van der Waals surface area contributed by atoms with Crippen LogP contribution in [0.2, 0.25) is 0 Å². The molecule has 2 unspecified atom stereocenters. The van der Waals surface area contributed by atoms with E-state index in [0.29, 0.717) is 24.7 Å². The topological polar surface area (TPSA) is 93.7 Å². The Morgan fingerprint density at radius 3 is 2.84 bits per heavy atom. The van der Waals surface area contributed by atoms with Gasteiger partial charge in [-0.25, -0.2) is 15.1 Å². The molecule has 2 N–H and O–H groups in total. The smallest absolute Gasteiger partial charge is 0.191 e. The van der Waals surface area contributed by atoms with E-state index in [0.717, 1.165) is 32.0 Å². The molecule has 0 bridgehead atoms. The first-order valence-electron chi connectivity index (χ1n) is 8.66. The van der Waals surface area contributed by atoms with Crippen LogP contribution in [0.3, 0.4) is 0 Å². The predicted molar refractivity (Wildman–Crippen MR) is 91.5 cm³/mol. The summed E-state index contributed by atoms with van der Waals surface area (Å²) in [5.41, 5.74) is 3.90. The number of rotatable bonds is 6. The number of hydrazone groups is 1. The summed E-state index contributed by atoms with van der Waals surface area (Å²) in [7, 11) is 1.90. The Bertz CT molecular complexity index is 618. The van der Waals surface area contributed by atoms with E-state index in [1.807, 2.05) is 30.4 Å². The second-order valence-electron chi connectivity index (χ2n) is 6.13. The highest BCUT2D eigenvalue weighted by atomic mass is 16.8. The van der Waals surface area contributed by atoms with Crippen LogP contribution in [-0.4, -0.2) is 84.8 Å². The molecule has 2 fully saturated rings. The summed E-state index contributed by atoms with van der Waals surface area (Å²) in [5.74, 6) is 1.58. The summed E-state index contributed by atoms with van der Waals surface area (Å²) in [4.78, 5) is 11.3. The van der Waals surface area contributed by atoms with Gasteiger partial charge in [0.25, 0.3) is 0 Å². The van der Waals surface area contributed by atoms with Gasteiger partial charge in [0, 0.05) is 39.8 Å². The van der Waals surface area contributed by atoms with Crippen LogP contribution in [-0.2, 0) is 9.47 Å². The second-order valence-corrected chi connectivity index (χ2v) is 6.13. The van der Waals surface area contributed by atoms with Crippen molar-refractivity contribution >= 4 is 11.7 Å². The number of piperazine rings is 1. The fraction of sp³-hybridized carbons (Fsp3) is 0.667. The monoisotopic (exact) mass is 348 g/mol. The first-order chi connectivity index (χ1) is 12.2. The van der Waals surface area contributed by atoms with Crippen LogP contribution in [0.25, 0.3) is 0 Å². The molecular weight excluding hydrogens is 324 g/mol. The minimum absolute atomic E-state index is 0.0495. The zero-order chi connectivity index (χ0) is 17.2. The fourth-order valence-corrected chi connectivity index (χ4v) is 2.92. The Labute approximate surface area is 146 Å². The molecule has 0 saturated carbocycles. The molecule has 1 aromatic heterocycles. The second kappa shape index (κ2) is 7.08. The average molecular weight is 348 g/mol. The SMILES string of the molecule is CCOC1OC1CN1N=C(c2cnc(N3CCNCC3)cn2)NN1C. The number of hydrogen-bond acceptors (Lipinski definition) is 10. The normalized spacial score (nSPS) is 26.6. The number of anilines is 1. The Morgan fingerprint density at radius 1 is 1.28 bits per heavy atom. The zero-order valence-electron chi connectivity index (χ0n) is 14.6. The minimum Gasteiger partial charge on any atom is -0.353 e. The molecule has 4 rings (SSSR count). The molecule has 4 heterocycles. The van der Waals surface area contributed by atoms with E-state index in [4.69, 9.17) is 9.47 Å². The lowest BCUT2D eigenvalue weighted by Gasteiger charge is -2.28. The van der Waals surface area contributed by atoms with Gasteiger partial charge < -0.3 is 19.7 Å². The lowest BCUT2D eigenvalue weighted by atomic mass is 10.3. The molecule has 1 aromatic rings. The third-order valence-corrected chi connectivity index (χ3v) is 4.36. The van der Waals surface area contributed by atoms with Gasteiger partial charge in [-0.1, -0.05) is 0 Å². The van der Waals surface area contributed by atoms with Crippen LogP contribution in [0.15, 0.2) is 17.5 Å². The molecule has 0 aromatic carbocycles. The number of ether oxygens (including phenoxy) is 2. The van der Waals surface area contributed by atoms with Crippen molar-refractivity contribution in [2.75, 3.05) is 51.3 Å². The molecule has 10 heteroatoms. The maximum atomic E-state index is 5.47. The quantitative estimate of drug-likeness (QED) is 0.626. The molecule has 3 aliphatic rings. The number of nitrogens with one attached hydrogen (secondary N) is 2. The fourth-order valence-electron chi connectivity index (χ4n) is 2.92. The average Bonchev–Trinajstić information content (AvgIpc) is 3.28. The van der Waals surface area contributed by atoms with Crippen molar-refractivity contribution in [2.24, 2.45) is 5.10 Å². The number of nitrogens with zero attached hydrogens (tertiary/aromatic N) is 6. The zero-order valence-corrected chi connectivity index (χ0v) is 14.6. The molecule has 136 valence electrons. The lowest BCUT2D eigenvalue weighted by molar-refractivity contribution is -0.00612. The van der Waals surface area contributed by atoms with E-state index in [1.54, 1.807) is 6.20 Å². The Balaban J connectivity index is 1.38. The number of epoxide rings is 1. The Kier molecular flexibility index (Phi) is 4.66. The third kappa shape index (κ3) is 3.66. The summed E-state index contributed by atoms with van der Waals surface area (Å²) < 4.78 is 10.9. The van der Waals surface area contributed by atoms with E-state index in [9.17, 15) is 0 Å². The highest BCUT2D eigenvalue weighted by Crippen LogP contribution is 2.25. The van der Waals surface area contributed by atoms with Gasteiger partial charge in [-0.15, -0.1) is 10.2 Å². The highest BCUT2D eigenvalue weighted by molar-refractivity contribution is 5.96. The van der Waals surface area contributed by atoms with Crippen LogP contribution in [0.4, 0.5) is 5.82 Å². The van der Waals surface area contributed by atoms with Gasteiger partial charge in [-0.3, -0.25) is 5.43 Å².